The lowest BCUT2D eigenvalue weighted by Crippen LogP contribution is -2.29. The van der Waals surface area contributed by atoms with Crippen molar-refractivity contribution in [1.29, 1.82) is 0 Å². The zero-order chi connectivity index (χ0) is 27.4. The van der Waals surface area contributed by atoms with Gasteiger partial charge in [-0.3, -0.25) is 14.5 Å². The van der Waals surface area contributed by atoms with Gasteiger partial charge in [0, 0.05) is 5.56 Å². The van der Waals surface area contributed by atoms with Crippen LogP contribution in [0.15, 0.2) is 66.2 Å². The Balaban J connectivity index is 1.99. The monoisotopic (exact) mass is 519 g/mol. The maximum absolute atomic E-state index is 13.5. The number of ketones is 1. The molecule has 0 aromatic heterocycles. The van der Waals surface area contributed by atoms with Gasteiger partial charge in [0.15, 0.2) is 23.0 Å². The van der Waals surface area contributed by atoms with Gasteiger partial charge in [0.1, 0.15) is 11.5 Å². The number of Topliss-reactive ketones (excluding diaryl/α,β-unsaturated/α-hetero) is 1. The molecule has 3 aromatic carbocycles. The second-order valence-corrected chi connectivity index (χ2v) is 8.25. The first-order valence-corrected chi connectivity index (χ1v) is 11.9. The Morgan fingerprint density at radius 1 is 0.789 bits per heavy atom. The molecule has 0 bridgehead atoms. The highest BCUT2D eigenvalue weighted by atomic mass is 16.5. The molecule has 0 spiro atoms. The van der Waals surface area contributed by atoms with Gasteiger partial charge in [-0.15, -0.1) is 0 Å². The van der Waals surface area contributed by atoms with Crippen molar-refractivity contribution in [2.75, 3.05) is 39.9 Å². The molecule has 1 unspecified atom stereocenters. The lowest BCUT2D eigenvalue weighted by Gasteiger charge is -2.27. The van der Waals surface area contributed by atoms with Crippen LogP contribution in [0.2, 0.25) is 0 Å². The van der Waals surface area contributed by atoms with Crippen LogP contribution in [0.3, 0.4) is 0 Å². The number of para-hydroxylation sites is 2. The number of anilines is 1. The summed E-state index contributed by atoms with van der Waals surface area (Å²) in [5.41, 5.74) is 1.09. The van der Waals surface area contributed by atoms with Gasteiger partial charge in [0.05, 0.1) is 52.3 Å². The van der Waals surface area contributed by atoms with Gasteiger partial charge in [-0.2, -0.15) is 0 Å². The maximum Gasteiger partial charge on any atom is 0.300 e. The third kappa shape index (κ3) is 4.58. The van der Waals surface area contributed by atoms with Crippen LogP contribution in [0.5, 0.6) is 28.7 Å². The fourth-order valence-electron chi connectivity index (χ4n) is 4.50. The summed E-state index contributed by atoms with van der Waals surface area (Å²) < 4.78 is 27.3. The summed E-state index contributed by atoms with van der Waals surface area (Å²) in [6, 6.07) is 15.7. The summed E-state index contributed by atoms with van der Waals surface area (Å²) >= 11 is 0. The van der Waals surface area contributed by atoms with Crippen LogP contribution in [0, 0.1) is 0 Å². The van der Waals surface area contributed by atoms with Crippen LogP contribution in [0.25, 0.3) is 5.76 Å². The van der Waals surface area contributed by atoms with Crippen molar-refractivity contribution in [3.63, 3.8) is 0 Å². The molecule has 0 aliphatic carbocycles. The second kappa shape index (κ2) is 11.2. The maximum atomic E-state index is 13.5. The first-order valence-electron chi connectivity index (χ1n) is 11.9. The summed E-state index contributed by atoms with van der Waals surface area (Å²) in [5.74, 6) is 0.109. The molecule has 1 atom stereocenters. The van der Waals surface area contributed by atoms with E-state index in [1.54, 1.807) is 60.7 Å². The van der Waals surface area contributed by atoms with Gasteiger partial charge < -0.3 is 28.8 Å². The smallest absolute Gasteiger partial charge is 0.300 e. The van der Waals surface area contributed by atoms with E-state index in [2.05, 4.69) is 0 Å². The van der Waals surface area contributed by atoms with Gasteiger partial charge in [-0.25, -0.2) is 0 Å². The van der Waals surface area contributed by atoms with E-state index in [1.165, 1.54) is 33.3 Å². The number of hydrogen-bond acceptors (Lipinski definition) is 8. The number of carbonyl (C=O) groups excluding carboxylic acids is 2. The number of aliphatic hydroxyl groups excluding tert-OH is 1. The van der Waals surface area contributed by atoms with Crippen LogP contribution >= 0.6 is 0 Å². The fraction of sp³-hybridized carbons (Fsp3) is 0.241. The van der Waals surface area contributed by atoms with Crippen LogP contribution in [-0.4, -0.2) is 51.8 Å². The van der Waals surface area contributed by atoms with Gasteiger partial charge in [0.2, 0.25) is 0 Å². The number of rotatable bonds is 9. The highest BCUT2D eigenvalue weighted by Crippen LogP contribution is 2.46. The SMILES string of the molecule is CCOc1cc(C2/C(=C(/O)c3ccc(OC)c(OC)c3)C(=O)C(=O)N2c2ccccc2OC)ccc1OC. The number of amides is 1. The van der Waals surface area contributed by atoms with E-state index in [1.807, 2.05) is 6.92 Å². The van der Waals surface area contributed by atoms with Crippen molar-refractivity contribution in [1.82, 2.24) is 0 Å². The Hall–Kier alpha value is -4.66. The van der Waals surface area contributed by atoms with E-state index in [0.29, 0.717) is 46.6 Å². The van der Waals surface area contributed by atoms with Crippen LogP contribution in [0.1, 0.15) is 24.1 Å². The minimum Gasteiger partial charge on any atom is -0.507 e. The standard InChI is InChI=1S/C29H29NO8/c1-6-38-24-15-17(11-13-22(24)36-4)26-25(27(31)18-12-14-21(35-3)23(16-18)37-5)28(32)29(33)30(26)19-9-7-8-10-20(19)34-2/h7-16,26,31H,6H2,1-5H3/b27-25-. The highest BCUT2D eigenvalue weighted by molar-refractivity contribution is 6.52. The molecular weight excluding hydrogens is 490 g/mol. The number of methoxy groups -OCH3 is 4. The summed E-state index contributed by atoms with van der Waals surface area (Å²) in [4.78, 5) is 28.4. The van der Waals surface area contributed by atoms with Gasteiger partial charge in [-0.05, 0) is 55.0 Å². The number of ether oxygens (including phenoxy) is 5. The summed E-state index contributed by atoms with van der Waals surface area (Å²) in [6.07, 6.45) is 0. The topological polar surface area (TPSA) is 104 Å². The minimum atomic E-state index is -0.996. The Labute approximate surface area is 220 Å². The summed E-state index contributed by atoms with van der Waals surface area (Å²) in [7, 11) is 5.97. The van der Waals surface area contributed by atoms with E-state index in [-0.39, 0.29) is 16.9 Å². The van der Waals surface area contributed by atoms with Crippen molar-refractivity contribution < 1.29 is 38.4 Å². The third-order valence-corrected chi connectivity index (χ3v) is 6.25. The van der Waals surface area contributed by atoms with Crippen LogP contribution in [0.4, 0.5) is 5.69 Å². The van der Waals surface area contributed by atoms with Gasteiger partial charge in [0.25, 0.3) is 11.7 Å². The Morgan fingerprint density at radius 2 is 1.42 bits per heavy atom. The van der Waals surface area contributed by atoms with E-state index >= 15 is 0 Å². The molecule has 3 aromatic rings. The first-order chi connectivity index (χ1) is 18.4. The van der Waals surface area contributed by atoms with Gasteiger partial charge in [-0.1, -0.05) is 18.2 Å². The summed E-state index contributed by atoms with van der Waals surface area (Å²) in [5, 5.41) is 11.5. The lowest BCUT2D eigenvalue weighted by molar-refractivity contribution is -0.132. The zero-order valence-electron chi connectivity index (χ0n) is 21.8. The molecule has 4 rings (SSSR count). The van der Waals surface area contributed by atoms with Crippen molar-refractivity contribution >= 4 is 23.1 Å². The molecule has 1 fully saturated rings. The normalized spacial score (nSPS) is 16.3. The van der Waals surface area contributed by atoms with Crippen LogP contribution in [-0.2, 0) is 9.59 Å². The lowest BCUT2D eigenvalue weighted by atomic mass is 9.94. The van der Waals surface area contributed by atoms with E-state index in [4.69, 9.17) is 23.7 Å². The molecule has 198 valence electrons. The zero-order valence-corrected chi connectivity index (χ0v) is 21.8. The predicted octanol–water partition coefficient (Wildman–Crippen LogP) is 4.75. The van der Waals surface area contributed by atoms with Gasteiger partial charge >= 0.3 is 0 Å². The molecule has 1 saturated heterocycles. The average Bonchev–Trinajstić information content (AvgIpc) is 3.22. The molecule has 1 aliphatic rings. The predicted molar refractivity (Wildman–Crippen MR) is 141 cm³/mol. The first kappa shape index (κ1) is 26.4. The number of carbonyl (C=O) groups is 2. The molecule has 1 amide bonds. The molecule has 38 heavy (non-hydrogen) atoms. The quantitative estimate of drug-likeness (QED) is 0.246. The van der Waals surface area contributed by atoms with Crippen molar-refractivity contribution in [2.24, 2.45) is 0 Å². The minimum absolute atomic E-state index is 0.0965. The number of nitrogens with zero attached hydrogens (tertiary/aromatic N) is 1. The van der Waals surface area contributed by atoms with E-state index in [9.17, 15) is 14.7 Å². The molecule has 1 N–H and O–H groups in total. The van der Waals surface area contributed by atoms with E-state index < -0.39 is 17.7 Å². The molecular formula is C29H29NO8. The Morgan fingerprint density at radius 3 is 2.08 bits per heavy atom. The van der Waals surface area contributed by atoms with Crippen molar-refractivity contribution in [3.05, 3.63) is 77.4 Å². The Kier molecular flexibility index (Phi) is 7.76. The van der Waals surface area contributed by atoms with Crippen LogP contribution < -0.4 is 28.6 Å². The Bertz CT molecular complexity index is 1400. The van der Waals surface area contributed by atoms with E-state index in [0.717, 1.165) is 0 Å². The highest BCUT2D eigenvalue weighted by Gasteiger charge is 2.48. The number of aliphatic hydroxyl groups is 1. The molecule has 1 heterocycles. The third-order valence-electron chi connectivity index (χ3n) is 6.25. The number of hydrogen-bond donors (Lipinski definition) is 1. The molecule has 9 heteroatoms. The molecule has 1 aliphatic heterocycles. The van der Waals surface area contributed by atoms with Crippen molar-refractivity contribution in [2.45, 2.75) is 13.0 Å². The average molecular weight is 520 g/mol. The molecule has 0 radical (unpaired) electrons. The second-order valence-electron chi connectivity index (χ2n) is 8.25. The van der Waals surface area contributed by atoms with Crippen molar-refractivity contribution in [3.8, 4) is 28.7 Å². The fourth-order valence-corrected chi connectivity index (χ4v) is 4.50. The molecule has 9 nitrogen and oxygen atoms in total. The largest absolute Gasteiger partial charge is 0.507 e. The summed E-state index contributed by atoms with van der Waals surface area (Å²) in [6.45, 7) is 2.21. The number of benzene rings is 3. The molecule has 0 saturated carbocycles.